The van der Waals surface area contributed by atoms with Gasteiger partial charge >= 0.3 is 0 Å². The fourth-order valence-corrected chi connectivity index (χ4v) is 1.64. The van der Waals surface area contributed by atoms with Crippen LogP contribution in [0.4, 0.5) is 4.39 Å². The van der Waals surface area contributed by atoms with Crippen LogP contribution in [0.25, 0.3) is 5.69 Å². The topological polar surface area (TPSA) is 30.7 Å². The van der Waals surface area contributed by atoms with Gasteiger partial charge < -0.3 is 0 Å². The SMILES string of the molecule is CC(C)(C)c1ccccc1-n1ncc(F)n1. The quantitative estimate of drug-likeness (QED) is 0.738. The summed E-state index contributed by atoms with van der Waals surface area (Å²) in [4.78, 5) is 1.33. The molecule has 0 N–H and O–H groups in total. The highest BCUT2D eigenvalue weighted by atomic mass is 19.1. The molecule has 0 atom stereocenters. The number of aromatic nitrogens is 3. The summed E-state index contributed by atoms with van der Waals surface area (Å²) in [6.07, 6.45) is 1.11. The van der Waals surface area contributed by atoms with Crippen LogP contribution in [0.3, 0.4) is 0 Å². The minimum atomic E-state index is -0.566. The first-order valence-electron chi connectivity index (χ1n) is 5.16. The van der Waals surface area contributed by atoms with Gasteiger partial charge in [0.25, 0.3) is 5.95 Å². The second-order valence-electron chi connectivity index (χ2n) is 4.72. The zero-order chi connectivity index (χ0) is 11.8. The molecule has 1 aromatic heterocycles. The lowest BCUT2D eigenvalue weighted by Gasteiger charge is -2.21. The fraction of sp³-hybridized carbons (Fsp3) is 0.333. The number of hydrogen-bond donors (Lipinski definition) is 0. The van der Waals surface area contributed by atoms with E-state index in [9.17, 15) is 4.39 Å². The zero-order valence-corrected chi connectivity index (χ0v) is 9.61. The summed E-state index contributed by atoms with van der Waals surface area (Å²) >= 11 is 0. The van der Waals surface area contributed by atoms with Crippen LogP contribution in [-0.4, -0.2) is 15.0 Å². The molecule has 3 nitrogen and oxygen atoms in total. The predicted molar refractivity (Wildman–Crippen MR) is 60.0 cm³/mol. The number of hydrogen-bond acceptors (Lipinski definition) is 2. The smallest absolute Gasteiger partial charge is 0.181 e. The molecule has 0 saturated carbocycles. The Hall–Kier alpha value is -1.71. The van der Waals surface area contributed by atoms with E-state index in [1.165, 1.54) is 4.80 Å². The molecule has 16 heavy (non-hydrogen) atoms. The Labute approximate surface area is 93.9 Å². The van der Waals surface area contributed by atoms with Crippen molar-refractivity contribution in [2.75, 3.05) is 0 Å². The monoisotopic (exact) mass is 219 g/mol. The standard InChI is InChI=1S/C12H14FN3/c1-12(2,3)9-6-4-5-7-10(9)16-14-8-11(13)15-16/h4-8H,1-3H3. The second kappa shape index (κ2) is 3.70. The van der Waals surface area contributed by atoms with E-state index in [4.69, 9.17) is 0 Å². The number of nitrogens with zero attached hydrogens (tertiary/aromatic N) is 3. The average molecular weight is 219 g/mol. The lowest BCUT2D eigenvalue weighted by atomic mass is 9.86. The van der Waals surface area contributed by atoms with Crippen LogP contribution in [0.1, 0.15) is 26.3 Å². The van der Waals surface area contributed by atoms with Crippen LogP contribution in [0.5, 0.6) is 0 Å². The van der Waals surface area contributed by atoms with E-state index >= 15 is 0 Å². The molecule has 4 heteroatoms. The molecular weight excluding hydrogens is 205 g/mol. The van der Waals surface area contributed by atoms with Crippen LogP contribution in [0.15, 0.2) is 30.5 Å². The summed E-state index contributed by atoms with van der Waals surface area (Å²) in [6.45, 7) is 6.31. The zero-order valence-electron chi connectivity index (χ0n) is 9.61. The molecule has 84 valence electrons. The van der Waals surface area contributed by atoms with E-state index in [-0.39, 0.29) is 5.41 Å². The summed E-state index contributed by atoms with van der Waals surface area (Å²) < 4.78 is 12.8. The van der Waals surface area contributed by atoms with E-state index in [0.717, 1.165) is 17.4 Å². The first kappa shape index (κ1) is 10.8. The van der Waals surface area contributed by atoms with E-state index in [0.29, 0.717) is 0 Å². The van der Waals surface area contributed by atoms with Crippen molar-refractivity contribution in [3.8, 4) is 5.69 Å². The molecule has 0 fully saturated rings. The van der Waals surface area contributed by atoms with E-state index < -0.39 is 5.95 Å². The summed E-state index contributed by atoms with van der Waals surface area (Å²) in [5.74, 6) is -0.566. The first-order valence-corrected chi connectivity index (χ1v) is 5.16. The molecule has 0 unspecified atom stereocenters. The van der Waals surface area contributed by atoms with Gasteiger partial charge in [-0.05, 0) is 17.0 Å². The molecule has 0 saturated heterocycles. The van der Waals surface area contributed by atoms with Gasteiger partial charge in [-0.2, -0.15) is 9.49 Å². The summed E-state index contributed by atoms with van der Waals surface area (Å²) in [5, 5.41) is 7.58. The van der Waals surface area contributed by atoms with E-state index in [1.54, 1.807) is 0 Å². The van der Waals surface area contributed by atoms with Crippen molar-refractivity contribution >= 4 is 0 Å². The largest absolute Gasteiger partial charge is 0.253 e. The fourth-order valence-electron chi connectivity index (χ4n) is 1.64. The highest BCUT2D eigenvalue weighted by molar-refractivity contribution is 5.43. The Morgan fingerprint density at radius 3 is 2.44 bits per heavy atom. The number of para-hydroxylation sites is 1. The predicted octanol–water partition coefficient (Wildman–Crippen LogP) is 2.70. The van der Waals surface area contributed by atoms with Gasteiger partial charge in [0.1, 0.15) is 6.20 Å². The molecule has 1 aromatic carbocycles. The molecule has 0 spiro atoms. The van der Waals surface area contributed by atoms with Crippen LogP contribution in [-0.2, 0) is 5.41 Å². The van der Waals surface area contributed by atoms with E-state index in [1.807, 2.05) is 24.3 Å². The maximum absolute atomic E-state index is 12.8. The Balaban J connectivity index is 2.57. The van der Waals surface area contributed by atoms with Gasteiger partial charge in [-0.1, -0.05) is 39.0 Å². The molecule has 2 aromatic rings. The van der Waals surface area contributed by atoms with Crippen molar-refractivity contribution in [3.63, 3.8) is 0 Å². The summed E-state index contributed by atoms with van der Waals surface area (Å²) in [6, 6.07) is 7.76. The minimum absolute atomic E-state index is 0.0271. The number of rotatable bonds is 1. The lowest BCUT2D eigenvalue weighted by molar-refractivity contribution is 0.549. The maximum Gasteiger partial charge on any atom is 0.253 e. The van der Waals surface area contributed by atoms with Crippen LogP contribution < -0.4 is 0 Å². The Bertz CT molecular complexity index is 497. The van der Waals surface area contributed by atoms with Crippen LogP contribution in [0, 0.1) is 5.95 Å². The van der Waals surface area contributed by atoms with Gasteiger partial charge in [-0.25, -0.2) is 0 Å². The Morgan fingerprint density at radius 2 is 1.88 bits per heavy atom. The third kappa shape index (κ3) is 1.96. The van der Waals surface area contributed by atoms with Gasteiger partial charge in [-0.3, -0.25) is 0 Å². The van der Waals surface area contributed by atoms with Crippen molar-refractivity contribution in [3.05, 3.63) is 42.0 Å². The lowest BCUT2D eigenvalue weighted by Crippen LogP contribution is -2.16. The van der Waals surface area contributed by atoms with Crippen LogP contribution in [0.2, 0.25) is 0 Å². The van der Waals surface area contributed by atoms with Crippen molar-refractivity contribution < 1.29 is 4.39 Å². The highest BCUT2D eigenvalue weighted by Gasteiger charge is 2.19. The van der Waals surface area contributed by atoms with Gasteiger partial charge in [0.2, 0.25) is 0 Å². The van der Waals surface area contributed by atoms with Gasteiger partial charge in [0, 0.05) is 0 Å². The van der Waals surface area contributed by atoms with E-state index in [2.05, 4.69) is 31.0 Å². The first-order chi connectivity index (χ1) is 7.48. The summed E-state index contributed by atoms with van der Waals surface area (Å²) in [5.41, 5.74) is 1.88. The second-order valence-corrected chi connectivity index (χ2v) is 4.72. The minimum Gasteiger partial charge on any atom is -0.181 e. The Morgan fingerprint density at radius 1 is 1.19 bits per heavy atom. The molecular formula is C12H14FN3. The molecule has 0 aliphatic carbocycles. The Kier molecular flexibility index (Phi) is 2.50. The normalized spacial score (nSPS) is 11.8. The van der Waals surface area contributed by atoms with Crippen molar-refractivity contribution in [1.29, 1.82) is 0 Å². The highest BCUT2D eigenvalue weighted by Crippen LogP contribution is 2.27. The van der Waals surface area contributed by atoms with Gasteiger partial charge in [0.05, 0.1) is 5.69 Å². The molecule has 2 rings (SSSR count). The molecule has 1 heterocycles. The maximum atomic E-state index is 12.8. The van der Waals surface area contributed by atoms with Gasteiger partial charge in [0.15, 0.2) is 0 Å². The van der Waals surface area contributed by atoms with Crippen molar-refractivity contribution in [1.82, 2.24) is 15.0 Å². The van der Waals surface area contributed by atoms with Crippen LogP contribution >= 0.6 is 0 Å². The number of benzene rings is 1. The van der Waals surface area contributed by atoms with Crippen molar-refractivity contribution in [2.24, 2.45) is 0 Å². The molecule has 0 aliphatic heterocycles. The third-order valence-corrected chi connectivity index (χ3v) is 2.39. The third-order valence-electron chi connectivity index (χ3n) is 2.39. The average Bonchev–Trinajstić information content (AvgIpc) is 2.64. The molecule has 0 bridgehead atoms. The summed E-state index contributed by atoms with van der Waals surface area (Å²) in [7, 11) is 0. The molecule has 0 aliphatic rings. The van der Waals surface area contributed by atoms with Gasteiger partial charge in [-0.15, -0.1) is 9.90 Å². The number of halogens is 1. The molecule has 0 amide bonds. The van der Waals surface area contributed by atoms with Crippen molar-refractivity contribution in [2.45, 2.75) is 26.2 Å². The molecule has 0 radical (unpaired) electrons.